The molecule has 0 N–H and O–H groups in total. The molecule has 0 saturated heterocycles. The predicted molar refractivity (Wildman–Crippen MR) is 200 cm³/mol. The molecule has 3 aliphatic rings. The summed E-state index contributed by atoms with van der Waals surface area (Å²) in [5.41, 5.74) is 0. The van der Waals surface area contributed by atoms with Crippen LogP contribution in [-0.4, -0.2) is 6.16 Å². The van der Waals surface area contributed by atoms with Gasteiger partial charge in [-0.25, -0.2) is 0 Å². The molecule has 0 bridgehead atoms. The Kier molecular flexibility index (Phi) is 77.9. The van der Waals surface area contributed by atoms with Gasteiger partial charge in [-0.3, -0.25) is 0 Å². The van der Waals surface area contributed by atoms with E-state index in [2.05, 4.69) is 16.2 Å². The van der Waals surface area contributed by atoms with E-state index in [4.69, 9.17) is 0 Å². The van der Waals surface area contributed by atoms with Gasteiger partial charge >= 0.3 is 0 Å². The summed E-state index contributed by atoms with van der Waals surface area (Å²) >= 11 is 0. The van der Waals surface area contributed by atoms with Crippen LogP contribution in [0.4, 0.5) is 0 Å². The van der Waals surface area contributed by atoms with Gasteiger partial charge < -0.3 is 0 Å². The van der Waals surface area contributed by atoms with E-state index in [1.807, 2.05) is 41.5 Å². The lowest BCUT2D eigenvalue weighted by atomic mass is 9.70. The molecule has 1 heteroatoms. The third-order valence-electron chi connectivity index (χ3n) is 7.73. The van der Waals surface area contributed by atoms with Gasteiger partial charge in [0.2, 0.25) is 0 Å². The van der Waals surface area contributed by atoms with Crippen LogP contribution in [-0.2, 0) is 0 Å². The predicted octanol–water partition coefficient (Wildman–Crippen LogP) is 15.9. The molecule has 0 aliphatic heterocycles. The summed E-state index contributed by atoms with van der Waals surface area (Å²) in [4.78, 5) is 0. The minimum absolute atomic E-state index is 0. The van der Waals surface area contributed by atoms with Gasteiger partial charge in [0, 0.05) is 0 Å². The molecule has 3 rings (SSSR count). The van der Waals surface area contributed by atoms with Crippen molar-refractivity contribution in [1.29, 1.82) is 0 Å². The second-order valence-corrected chi connectivity index (χ2v) is 10.1. The summed E-state index contributed by atoms with van der Waals surface area (Å²) in [6, 6.07) is 0. The molecule has 0 aromatic carbocycles. The van der Waals surface area contributed by atoms with Crippen molar-refractivity contribution in [2.45, 2.75) is 205 Å². The van der Waals surface area contributed by atoms with E-state index >= 15 is 0 Å². The average Bonchev–Trinajstić information content (AvgIpc) is 2.81. The van der Waals surface area contributed by atoms with Crippen LogP contribution in [0.25, 0.3) is 0 Å². The highest BCUT2D eigenvalue weighted by Crippen LogP contribution is 2.41. The standard InChI is InChI=1S/C22H41P.3C2H6.9CH4/c1-17-2-4-18(5-3-17)14-19-6-8-20(9-7-19)15-21-10-12-22(16-23)13-11-21;3*1-2;;;;;;;;;/h17-22H,2-16,23H2,1H3;3*1-2H3;9*1H4. The van der Waals surface area contributed by atoms with E-state index in [9.17, 15) is 0 Å². The molecular weight excluding hydrogens is 475 g/mol. The van der Waals surface area contributed by atoms with Crippen LogP contribution < -0.4 is 0 Å². The quantitative estimate of drug-likeness (QED) is 0.288. The lowest BCUT2D eigenvalue weighted by molar-refractivity contribution is 0.168. The highest BCUT2D eigenvalue weighted by molar-refractivity contribution is 7.16. The second kappa shape index (κ2) is 44.4. The highest BCUT2D eigenvalue weighted by atomic mass is 31.0. The fourth-order valence-corrected chi connectivity index (χ4v) is 6.38. The fourth-order valence-electron chi connectivity index (χ4n) is 5.91. The maximum absolute atomic E-state index is 2.96. The van der Waals surface area contributed by atoms with Gasteiger partial charge in [-0.05, 0) is 67.4 Å². The Morgan fingerprint density at radius 1 is 0.368 bits per heavy atom. The molecule has 3 fully saturated rings. The summed E-state index contributed by atoms with van der Waals surface area (Å²) in [5.74, 6) is 6.42. The maximum Gasteiger partial charge on any atom is -0.0353 e. The normalized spacial score (nSPS) is 26.2. The van der Waals surface area contributed by atoms with Crippen molar-refractivity contribution < 1.29 is 0 Å². The van der Waals surface area contributed by atoms with Crippen molar-refractivity contribution in [1.82, 2.24) is 0 Å². The zero-order valence-electron chi connectivity index (χ0n) is 21.6. The van der Waals surface area contributed by atoms with Gasteiger partial charge in [0.1, 0.15) is 0 Å². The smallest absolute Gasteiger partial charge is 0.0353 e. The Hall–Kier alpha value is 0.430. The van der Waals surface area contributed by atoms with Gasteiger partial charge in [-0.15, -0.1) is 9.24 Å². The van der Waals surface area contributed by atoms with Gasteiger partial charge in [0.15, 0.2) is 0 Å². The Morgan fingerprint density at radius 2 is 0.553 bits per heavy atom. The average molecular weight is 571 g/mol. The van der Waals surface area contributed by atoms with Crippen LogP contribution in [0.1, 0.15) is 205 Å². The molecule has 0 heterocycles. The minimum Gasteiger partial charge on any atom is -0.137 e. The van der Waals surface area contributed by atoms with Crippen LogP contribution in [0.15, 0.2) is 0 Å². The van der Waals surface area contributed by atoms with Gasteiger partial charge in [-0.1, -0.05) is 180 Å². The minimum atomic E-state index is 0. The zero-order valence-corrected chi connectivity index (χ0v) is 22.8. The molecule has 0 radical (unpaired) electrons. The summed E-state index contributed by atoms with van der Waals surface area (Å²) in [5, 5.41) is 0. The van der Waals surface area contributed by atoms with E-state index in [-0.39, 0.29) is 66.8 Å². The molecule has 248 valence electrons. The Balaban J connectivity index is -0.0000000612. The van der Waals surface area contributed by atoms with Gasteiger partial charge in [-0.2, -0.15) is 0 Å². The van der Waals surface area contributed by atoms with Gasteiger partial charge in [0.05, 0.1) is 0 Å². The monoisotopic (exact) mass is 571 g/mol. The topological polar surface area (TPSA) is 0 Å². The Morgan fingerprint density at radius 3 is 0.763 bits per heavy atom. The van der Waals surface area contributed by atoms with Gasteiger partial charge in [0.25, 0.3) is 0 Å². The molecule has 0 spiro atoms. The summed E-state index contributed by atoms with van der Waals surface area (Å²) < 4.78 is 0. The third-order valence-corrected chi connectivity index (χ3v) is 8.40. The van der Waals surface area contributed by atoms with Crippen LogP contribution in [0.3, 0.4) is 0 Å². The molecule has 3 aliphatic carbocycles. The van der Waals surface area contributed by atoms with E-state index in [0.29, 0.717) is 0 Å². The lowest BCUT2D eigenvalue weighted by Gasteiger charge is -2.36. The third kappa shape index (κ3) is 28.0. The van der Waals surface area contributed by atoms with Crippen molar-refractivity contribution in [2.24, 2.45) is 35.5 Å². The SMILES string of the molecule is C.C.C.C.C.C.C.C.C.CC.CC.CC.CC1CCC(CC2CCC(CC3CCC(CP)CC3)CC2)CC1. The van der Waals surface area contributed by atoms with Crippen molar-refractivity contribution in [2.75, 3.05) is 6.16 Å². The van der Waals surface area contributed by atoms with Crippen molar-refractivity contribution in [3.05, 3.63) is 0 Å². The summed E-state index contributed by atoms with van der Waals surface area (Å²) in [7, 11) is 2.96. The number of hydrogen-bond donors (Lipinski definition) is 0. The van der Waals surface area contributed by atoms with E-state index in [0.717, 1.165) is 35.5 Å². The highest BCUT2D eigenvalue weighted by Gasteiger charge is 2.28. The first-order valence-corrected chi connectivity index (χ1v) is 14.7. The van der Waals surface area contributed by atoms with Crippen molar-refractivity contribution in [3.63, 3.8) is 0 Å². The second-order valence-electron chi connectivity index (χ2n) is 9.61. The van der Waals surface area contributed by atoms with Crippen LogP contribution in [0.2, 0.25) is 0 Å². The van der Waals surface area contributed by atoms with Crippen LogP contribution in [0, 0.1) is 35.5 Å². The first kappa shape index (κ1) is 66.6. The molecule has 0 amide bonds. The molecule has 1 atom stereocenters. The molecule has 1 unspecified atom stereocenters. The van der Waals surface area contributed by atoms with E-state index in [1.165, 1.54) is 31.8 Å². The largest absolute Gasteiger partial charge is 0.137 e. The summed E-state index contributed by atoms with van der Waals surface area (Å²) in [6.45, 7) is 14.5. The first-order valence-electron chi connectivity index (χ1n) is 13.9. The zero-order chi connectivity index (χ0) is 22.1. The summed E-state index contributed by atoms with van der Waals surface area (Å²) in [6.07, 6.45) is 23.0. The Bertz CT molecular complexity index is 316. The van der Waals surface area contributed by atoms with E-state index < -0.39 is 0 Å². The van der Waals surface area contributed by atoms with Crippen molar-refractivity contribution >= 4 is 9.24 Å². The molecule has 3 saturated carbocycles. The molecular formula is C37H95P. The molecule has 0 nitrogen and oxygen atoms in total. The molecule has 38 heavy (non-hydrogen) atoms. The Labute approximate surface area is 255 Å². The fraction of sp³-hybridized carbons (Fsp3) is 1.00. The molecule has 0 aromatic rings. The number of rotatable bonds is 5. The maximum atomic E-state index is 2.96. The van der Waals surface area contributed by atoms with E-state index in [1.54, 1.807) is 64.2 Å². The lowest BCUT2D eigenvalue weighted by Crippen LogP contribution is -2.23. The molecule has 0 aromatic heterocycles. The number of hydrogen-bond acceptors (Lipinski definition) is 0. The van der Waals surface area contributed by atoms with Crippen molar-refractivity contribution in [3.8, 4) is 0 Å². The van der Waals surface area contributed by atoms with Crippen LogP contribution >= 0.6 is 9.24 Å². The first-order chi connectivity index (χ1) is 14.2. The van der Waals surface area contributed by atoms with Crippen LogP contribution in [0.5, 0.6) is 0 Å².